The number of carbonyl (C=O) groups excluding carboxylic acids is 5. The smallest absolute Gasteiger partial charge is 0.256 e. The van der Waals surface area contributed by atoms with E-state index >= 15 is 0 Å². The molecule has 0 aliphatic carbocycles. The van der Waals surface area contributed by atoms with Crippen LogP contribution in [-0.2, 0) is 61.1 Å². The number of rotatable bonds is 18. The van der Waals surface area contributed by atoms with Gasteiger partial charge in [-0.3, -0.25) is 24.0 Å². The van der Waals surface area contributed by atoms with E-state index in [-0.39, 0.29) is 68.1 Å². The van der Waals surface area contributed by atoms with Crippen LogP contribution in [0.2, 0.25) is 0 Å². The molecule has 10 rings (SSSR count). The van der Waals surface area contributed by atoms with E-state index in [1.807, 2.05) is 146 Å². The molecule has 1 fully saturated rings. The fraction of sp³-hybridized carbons (Fsp3) is 0.254. The number of nitrogens with zero attached hydrogens (tertiary/aromatic N) is 3. The van der Waals surface area contributed by atoms with Crippen LogP contribution < -0.4 is 10.6 Å². The maximum atomic E-state index is 14.8. The number of ether oxygens (including phenoxy) is 3. The van der Waals surface area contributed by atoms with Gasteiger partial charge in [-0.15, -0.1) is 0 Å². The Hall–Kier alpha value is -8.00. The third-order valence-corrected chi connectivity index (χ3v) is 13.9. The van der Waals surface area contributed by atoms with Crippen molar-refractivity contribution in [3.05, 3.63) is 214 Å². The number of Topliss-reactive ketones (excluding diaryl/α,β-unsaturated/α-hetero) is 1. The lowest BCUT2D eigenvalue weighted by Gasteiger charge is -2.32. The summed E-state index contributed by atoms with van der Waals surface area (Å²) in [6.07, 6.45) is 0.652. The summed E-state index contributed by atoms with van der Waals surface area (Å²) < 4.78 is 18.3. The first kappa shape index (κ1) is 47.7. The second kappa shape index (κ2) is 21.2. The molecule has 6 aromatic rings. The van der Waals surface area contributed by atoms with Gasteiger partial charge < -0.3 is 34.6 Å². The quantitative estimate of drug-likeness (QED) is 0.0656. The van der Waals surface area contributed by atoms with E-state index in [9.17, 15) is 24.0 Å². The zero-order valence-electron chi connectivity index (χ0n) is 39.9. The van der Waals surface area contributed by atoms with E-state index in [0.717, 1.165) is 50.1 Å². The first-order valence-electron chi connectivity index (χ1n) is 24.4. The van der Waals surface area contributed by atoms with Crippen LogP contribution in [0.25, 0.3) is 11.1 Å². The summed E-state index contributed by atoms with van der Waals surface area (Å²) in [5, 5.41) is 5.69. The molecule has 4 heterocycles. The van der Waals surface area contributed by atoms with Crippen molar-refractivity contribution in [1.82, 2.24) is 20.4 Å². The van der Waals surface area contributed by atoms with E-state index in [0.29, 0.717) is 68.3 Å². The minimum Gasteiger partial charge on any atom is -0.466 e. The molecule has 13 heteroatoms. The molecule has 0 bridgehead atoms. The van der Waals surface area contributed by atoms with E-state index in [4.69, 9.17) is 19.2 Å². The summed E-state index contributed by atoms with van der Waals surface area (Å²) in [6.45, 7) is 6.09. The Morgan fingerprint density at radius 2 is 1.46 bits per heavy atom. The van der Waals surface area contributed by atoms with Crippen molar-refractivity contribution in [1.29, 1.82) is 0 Å². The van der Waals surface area contributed by atoms with Crippen LogP contribution in [-0.4, -0.2) is 89.6 Å². The fourth-order valence-corrected chi connectivity index (χ4v) is 10.2. The topological polar surface area (TPSA) is 156 Å². The Morgan fingerprint density at radius 3 is 2.22 bits per heavy atom. The molecule has 1 unspecified atom stereocenters. The highest BCUT2D eigenvalue weighted by Crippen LogP contribution is 2.46. The Balaban J connectivity index is 0.671. The van der Waals surface area contributed by atoms with Crippen LogP contribution in [0.5, 0.6) is 0 Å². The van der Waals surface area contributed by atoms with Crippen molar-refractivity contribution in [2.45, 2.75) is 63.1 Å². The Bertz CT molecular complexity index is 3050. The highest BCUT2D eigenvalue weighted by molar-refractivity contribution is 6.03. The average molecular weight is 962 g/mol. The van der Waals surface area contributed by atoms with Gasteiger partial charge in [0.25, 0.3) is 11.8 Å². The first-order chi connectivity index (χ1) is 35.1. The van der Waals surface area contributed by atoms with Crippen molar-refractivity contribution in [3.8, 4) is 11.1 Å². The molecule has 0 radical (unpaired) electrons. The van der Waals surface area contributed by atoms with E-state index in [2.05, 4.69) is 17.2 Å². The van der Waals surface area contributed by atoms with Crippen molar-refractivity contribution in [3.63, 3.8) is 0 Å². The lowest BCUT2D eigenvalue weighted by Crippen LogP contribution is -2.52. The number of aliphatic imine (C=N–C) groups is 1. The molecule has 0 saturated carbocycles. The van der Waals surface area contributed by atoms with Crippen molar-refractivity contribution < 1.29 is 38.2 Å². The molecule has 4 aliphatic heterocycles. The van der Waals surface area contributed by atoms with Crippen molar-refractivity contribution in [2.75, 3.05) is 32.9 Å². The van der Waals surface area contributed by atoms with Gasteiger partial charge in [0.2, 0.25) is 17.7 Å². The van der Waals surface area contributed by atoms with Gasteiger partial charge >= 0.3 is 0 Å². The molecule has 0 aromatic heterocycles. The molecule has 6 aromatic carbocycles. The lowest BCUT2D eigenvalue weighted by atomic mass is 9.81. The predicted molar refractivity (Wildman–Crippen MR) is 272 cm³/mol. The zero-order valence-corrected chi connectivity index (χ0v) is 39.9. The third kappa shape index (κ3) is 10.1. The standard InChI is InChI=1S/C59H55N5O8/c1-39-51(27-28-53(66)61-39)64-36-50-46(16-10-18-49(50)57(64)68)33-52(65)44-25-23-43(24-26-44)42-21-19-41(20-22-42)38-71-32-31-70-30-29-60-54(67)37-63-35-47-15-8-9-17-48(47)55-59(58(63)69,34-40-11-4-2-5-12-40)62-56(72-55)45-13-6-3-7-14-45/h2-26,51,55H,1,27-38H2,(H,60,67)(H,61,66)/t51?,55-,59-/m0/s1. The van der Waals surface area contributed by atoms with Gasteiger partial charge in [-0.25, -0.2) is 4.99 Å². The number of hydrogen-bond acceptors (Lipinski definition) is 9. The summed E-state index contributed by atoms with van der Waals surface area (Å²) in [5.41, 5.74) is 8.54. The van der Waals surface area contributed by atoms with Gasteiger partial charge in [0.1, 0.15) is 0 Å². The summed E-state index contributed by atoms with van der Waals surface area (Å²) in [6, 6.07) is 48.1. The van der Waals surface area contributed by atoms with Crippen LogP contribution in [0.4, 0.5) is 0 Å². The molecule has 0 spiro atoms. The highest BCUT2D eigenvalue weighted by atomic mass is 16.5. The predicted octanol–water partition coefficient (Wildman–Crippen LogP) is 7.72. The van der Waals surface area contributed by atoms with Crippen LogP contribution in [0.15, 0.2) is 169 Å². The number of nitrogens with one attached hydrogen (secondary N) is 2. The number of benzene rings is 6. The van der Waals surface area contributed by atoms with Crippen LogP contribution in [0, 0.1) is 0 Å². The van der Waals surface area contributed by atoms with Crippen LogP contribution >= 0.6 is 0 Å². The second-order valence-electron chi connectivity index (χ2n) is 18.6. The maximum Gasteiger partial charge on any atom is 0.256 e. The highest BCUT2D eigenvalue weighted by Gasteiger charge is 2.57. The summed E-state index contributed by atoms with van der Waals surface area (Å²) in [5.74, 6) is -0.397. The van der Waals surface area contributed by atoms with E-state index in [1.165, 1.54) is 0 Å². The molecule has 2 N–H and O–H groups in total. The molecular formula is C59H55N5O8. The fourth-order valence-electron chi connectivity index (χ4n) is 10.2. The monoisotopic (exact) mass is 961 g/mol. The SMILES string of the molecule is C=C1NC(=O)CCC1N1Cc2c(CC(=O)c3ccc(-c4ccc(COCCOCCNC(=O)CN5Cc6ccccc6[C@@H]6OC(c7ccccc7)=N[C@]6(Cc6ccccc6)C5=O)cc4)cc3)cccc2C1=O. The number of fused-ring (bicyclic) bond motifs is 4. The number of piperidine rings is 1. The molecule has 1 saturated heterocycles. The van der Waals surface area contributed by atoms with Crippen LogP contribution in [0.1, 0.15) is 78.6 Å². The molecule has 364 valence electrons. The number of amides is 4. The lowest BCUT2D eigenvalue weighted by molar-refractivity contribution is -0.143. The van der Waals surface area contributed by atoms with Gasteiger partial charge in [0.15, 0.2) is 17.4 Å². The first-order valence-corrected chi connectivity index (χ1v) is 24.4. The second-order valence-corrected chi connectivity index (χ2v) is 18.6. The average Bonchev–Trinajstić information content (AvgIpc) is 3.93. The Morgan fingerprint density at radius 1 is 0.750 bits per heavy atom. The third-order valence-electron chi connectivity index (χ3n) is 13.9. The molecule has 3 atom stereocenters. The van der Waals surface area contributed by atoms with Crippen molar-refractivity contribution >= 4 is 35.3 Å². The van der Waals surface area contributed by atoms with Gasteiger partial charge in [-0.05, 0) is 63.6 Å². The van der Waals surface area contributed by atoms with Gasteiger partial charge in [-0.1, -0.05) is 140 Å². The molecule has 4 aliphatic rings. The van der Waals surface area contributed by atoms with Gasteiger partial charge in [-0.2, -0.15) is 0 Å². The number of ketones is 1. The van der Waals surface area contributed by atoms with Crippen LogP contribution in [0.3, 0.4) is 0 Å². The Kier molecular flexibility index (Phi) is 14.0. The zero-order chi connectivity index (χ0) is 49.6. The summed E-state index contributed by atoms with van der Waals surface area (Å²) >= 11 is 0. The molecule has 4 amide bonds. The minimum atomic E-state index is -1.32. The molecule has 72 heavy (non-hydrogen) atoms. The maximum absolute atomic E-state index is 14.8. The minimum absolute atomic E-state index is 0.0380. The Labute approximate surface area is 418 Å². The summed E-state index contributed by atoms with van der Waals surface area (Å²) in [7, 11) is 0. The largest absolute Gasteiger partial charge is 0.466 e. The summed E-state index contributed by atoms with van der Waals surface area (Å²) in [4.78, 5) is 75.5. The van der Waals surface area contributed by atoms with Gasteiger partial charge in [0, 0.05) is 66.8 Å². The number of hydrogen-bond donors (Lipinski definition) is 2. The number of carbonyl (C=O) groups is 5. The van der Waals surface area contributed by atoms with Gasteiger partial charge in [0.05, 0.1) is 39.0 Å². The van der Waals surface area contributed by atoms with E-state index < -0.39 is 11.6 Å². The van der Waals surface area contributed by atoms with E-state index in [1.54, 1.807) is 15.9 Å². The molecular weight excluding hydrogens is 907 g/mol. The van der Waals surface area contributed by atoms with Crippen molar-refractivity contribution in [2.24, 2.45) is 4.99 Å². The molecule has 13 nitrogen and oxygen atoms in total. The normalized spacial score (nSPS) is 19.1.